The topological polar surface area (TPSA) is 29.1 Å². The molecule has 1 N–H and O–H groups in total. The fourth-order valence-corrected chi connectivity index (χ4v) is 1.55. The molecule has 1 atom stereocenters. The minimum absolute atomic E-state index is 0.427. The quantitative estimate of drug-likeness (QED) is 0.905. The molecule has 0 fully saturated rings. The first-order valence-corrected chi connectivity index (χ1v) is 5.14. The normalized spacial score (nSPS) is 12.6. The molecule has 0 heterocycles. The van der Waals surface area contributed by atoms with Crippen LogP contribution in [0, 0.1) is 0 Å². The van der Waals surface area contributed by atoms with Gasteiger partial charge in [0.15, 0.2) is 0 Å². The number of carbonyl (C=O) groups is 1. The summed E-state index contributed by atoms with van der Waals surface area (Å²) in [5, 5.41) is 2.21. The standard InChI is InChI=1S/C10H10BrF2NO/c1-6(14-10(15)9(12)13)7-3-2-4-8(11)5-7/h2-6,9H,1H3,(H,14,15)/t6-/m1/s1. The number of nitrogens with one attached hydrogen (secondary N) is 1. The monoisotopic (exact) mass is 277 g/mol. The van der Waals surface area contributed by atoms with Crippen molar-refractivity contribution < 1.29 is 13.6 Å². The smallest absolute Gasteiger partial charge is 0.315 e. The highest BCUT2D eigenvalue weighted by Gasteiger charge is 2.17. The van der Waals surface area contributed by atoms with Crippen LogP contribution in [-0.4, -0.2) is 12.3 Å². The van der Waals surface area contributed by atoms with Crippen LogP contribution in [-0.2, 0) is 4.79 Å². The van der Waals surface area contributed by atoms with Gasteiger partial charge < -0.3 is 5.32 Å². The van der Waals surface area contributed by atoms with Crippen molar-refractivity contribution in [2.45, 2.75) is 19.4 Å². The third-order valence-electron chi connectivity index (χ3n) is 1.91. The Morgan fingerprint density at radius 1 is 1.47 bits per heavy atom. The fraction of sp³-hybridized carbons (Fsp3) is 0.300. The first-order chi connectivity index (χ1) is 7.00. The number of rotatable bonds is 3. The lowest BCUT2D eigenvalue weighted by molar-refractivity contribution is -0.132. The maximum absolute atomic E-state index is 12.0. The van der Waals surface area contributed by atoms with E-state index in [9.17, 15) is 13.6 Å². The van der Waals surface area contributed by atoms with E-state index in [1.165, 1.54) is 0 Å². The molecule has 0 saturated carbocycles. The van der Waals surface area contributed by atoms with Crippen molar-refractivity contribution in [2.24, 2.45) is 0 Å². The molecule has 0 aliphatic rings. The molecule has 1 aromatic rings. The van der Waals surface area contributed by atoms with E-state index in [1.807, 2.05) is 6.07 Å². The molecule has 0 saturated heterocycles. The summed E-state index contributed by atoms with van der Waals surface area (Å²) in [5.74, 6) is -1.25. The molecule has 0 bridgehead atoms. The van der Waals surface area contributed by atoms with Gasteiger partial charge >= 0.3 is 6.43 Å². The van der Waals surface area contributed by atoms with Gasteiger partial charge in [-0.25, -0.2) is 0 Å². The van der Waals surface area contributed by atoms with Crippen molar-refractivity contribution in [2.75, 3.05) is 0 Å². The van der Waals surface area contributed by atoms with Gasteiger partial charge in [0.1, 0.15) is 0 Å². The summed E-state index contributed by atoms with van der Waals surface area (Å²) in [6, 6.07) is 6.72. The van der Waals surface area contributed by atoms with Gasteiger partial charge in [-0.3, -0.25) is 4.79 Å². The molecule has 1 aromatic carbocycles. The van der Waals surface area contributed by atoms with Crippen LogP contribution in [0.25, 0.3) is 0 Å². The molecule has 82 valence electrons. The van der Waals surface area contributed by atoms with Gasteiger partial charge in [0.2, 0.25) is 0 Å². The Bertz CT molecular complexity index is 357. The van der Waals surface area contributed by atoms with Crippen molar-refractivity contribution in [3.05, 3.63) is 34.3 Å². The molecule has 0 aliphatic heterocycles. The maximum Gasteiger partial charge on any atom is 0.315 e. The van der Waals surface area contributed by atoms with Gasteiger partial charge in [-0.2, -0.15) is 8.78 Å². The highest BCUT2D eigenvalue weighted by molar-refractivity contribution is 9.10. The molecule has 0 radical (unpaired) electrons. The Balaban J connectivity index is 2.69. The Morgan fingerprint density at radius 2 is 2.13 bits per heavy atom. The second kappa shape index (κ2) is 5.21. The number of alkyl halides is 2. The second-order valence-electron chi connectivity index (χ2n) is 3.09. The van der Waals surface area contributed by atoms with E-state index in [1.54, 1.807) is 25.1 Å². The summed E-state index contributed by atoms with van der Waals surface area (Å²) in [4.78, 5) is 10.7. The largest absolute Gasteiger partial charge is 0.345 e. The molecule has 15 heavy (non-hydrogen) atoms. The summed E-state index contributed by atoms with van der Waals surface area (Å²) in [5.41, 5.74) is 0.776. The zero-order chi connectivity index (χ0) is 11.4. The van der Waals surface area contributed by atoms with Crippen LogP contribution in [0.4, 0.5) is 8.78 Å². The molecule has 1 rings (SSSR count). The average Bonchev–Trinajstić information content (AvgIpc) is 2.17. The molecule has 0 aromatic heterocycles. The van der Waals surface area contributed by atoms with Gasteiger partial charge in [-0.1, -0.05) is 28.1 Å². The van der Waals surface area contributed by atoms with Crippen LogP contribution in [0.3, 0.4) is 0 Å². The van der Waals surface area contributed by atoms with E-state index in [-0.39, 0.29) is 0 Å². The molecule has 0 aliphatic carbocycles. The van der Waals surface area contributed by atoms with Crippen LogP contribution in [0.2, 0.25) is 0 Å². The van der Waals surface area contributed by atoms with E-state index in [2.05, 4.69) is 21.2 Å². The summed E-state index contributed by atoms with van der Waals surface area (Å²) in [6.07, 6.45) is -2.97. The zero-order valence-corrected chi connectivity index (χ0v) is 9.59. The predicted molar refractivity (Wildman–Crippen MR) is 56.7 cm³/mol. The Hall–Kier alpha value is -0.970. The molecule has 2 nitrogen and oxygen atoms in total. The lowest BCUT2D eigenvalue weighted by Gasteiger charge is -2.14. The Kier molecular flexibility index (Phi) is 4.20. The SMILES string of the molecule is C[C@@H](NC(=O)C(F)F)c1cccc(Br)c1. The molecular formula is C10H10BrF2NO. The van der Waals surface area contributed by atoms with Gasteiger partial charge in [-0.15, -0.1) is 0 Å². The van der Waals surface area contributed by atoms with Crippen molar-refractivity contribution in [1.82, 2.24) is 5.32 Å². The minimum Gasteiger partial charge on any atom is -0.345 e. The zero-order valence-electron chi connectivity index (χ0n) is 8.01. The third kappa shape index (κ3) is 3.58. The maximum atomic E-state index is 12.0. The van der Waals surface area contributed by atoms with Gasteiger partial charge in [0, 0.05) is 4.47 Å². The number of hydrogen-bond acceptors (Lipinski definition) is 1. The Labute approximate surface area is 94.8 Å². The summed E-state index contributed by atoms with van der Waals surface area (Å²) in [6.45, 7) is 1.65. The van der Waals surface area contributed by atoms with E-state index < -0.39 is 18.4 Å². The van der Waals surface area contributed by atoms with Crippen LogP contribution < -0.4 is 5.32 Å². The van der Waals surface area contributed by atoms with Gasteiger partial charge in [0.05, 0.1) is 6.04 Å². The molecule has 5 heteroatoms. The first-order valence-electron chi connectivity index (χ1n) is 4.34. The molecule has 1 amide bonds. The Morgan fingerprint density at radius 3 is 2.67 bits per heavy atom. The summed E-state index contributed by atoms with van der Waals surface area (Å²) in [7, 11) is 0. The number of hydrogen-bond donors (Lipinski definition) is 1. The highest BCUT2D eigenvalue weighted by atomic mass is 79.9. The third-order valence-corrected chi connectivity index (χ3v) is 2.40. The highest BCUT2D eigenvalue weighted by Crippen LogP contribution is 2.17. The number of amides is 1. The van der Waals surface area contributed by atoms with E-state index in [0.717, 1.165) is 10.0 Å². The van der Waals surface area contributed by atoms with E-state index >= 15 is 0 Å². The molecular weight excluding hydrogens is 268 g/mol. The van der Waals surface area contributed by atoms with Crippen LogP contribution in [0.1, 0.15) is 18.5 Å². The van der Waals surface area contributed by atoms with Crippen LogP contribution in [0.5, 0.6) is 0 Å². The van der Waals surface area contributed by atoms with E-state index in [4.69, 9.17) is 0 Å². The lowest BCUT2D eigenvalue weighted by Crippen LogP contribution is -2.31. The number of halogens is 3. The summed E-state index contributed by atoms with van der Waals surface area (Å²) < 4.78 is 24.8. The van der Waals surface area contributed by atoms with Crippen molar-refractivity contribution in [1.29, 1.82) is 0 Å². The van der Waals surface area contributed by atoms with Crippen LogP contribution >= 0.6 is 15.9 Å². The predicted octanol–water partition coefficient (Wildman–Crippen LogP) is 2.89. The summed E-state index contributed by atoms with van der Waals surface area (Å²) >= 11 is 3.26. The minimum atomic E-state index is -2.97. The first kappa shape index (κ1) is 12.1. The fourth-order valence-electron chi connectivity index (χ4n) is 1.14. The average molecular weight is 278 g/mol. The van der Waals surface area contributed by atoms with Gasteiger partial charge in [0.25, 0.3) is 5.91 Å². The van der Waals surface area contributed by atoms with E-state index in [0.29, 0.717) is 0 Å². The lowest BCUT2D eigenvalue weighted by atomic mass is 10.1. The number of benzene rings is 1. The van der Waals surface area contributed by atoms with Crippen molar-refractivity contribution >= 4 is 21.8 Å². The van der Waals surface area contributed by atoms with Gasteiger partial charge in [-0.05, 0) is 24.6 Å². The molecule has 0 unspecified atom stereocenters. The van der Waals surface area contributed by atoms with Crippen LogP contribution in [0.15, 0.2) is 28.7 Å². The second-order valence-corrected chi connectivity index (χ2v) is 4.00. The van der Waals surface area contributed by atoms with Crippen molar-refractivity contribution in [3.63, 3.8) is 0 Å². The molecule has 0 spiro atoms. The number of carbonyl (C=O) groups excluding carboxylic acids is 1. The van der Waals surface area contributed by atoms with Crippen molar-refractivity contribution in [3.8, 4) is 0 Å².